The van der Waals surface area contributed by atoms with Crippen LogP contribution in [0.1, 0.15) is 0 Å². The van der Waals surface area contributed by atoms with Gasteiger partial charge in [0.2, 0.25) is 0 Å². The summed E-state index contributed by atoms with van der Waals surface area (Å²) in [7, 11) is -5.68. The molecular weight excluding hydrogens is 285 g/mol. The van der Waals surface area contributed by atoms with Gasteiger partial charge in [0.05, 0.1) is 0 Å². The van der Waals surface area contributed by atoms with Gasteiger partial charge in [-0.2, -0.15) is 8.42 Å². The van der Waals surface area contributed by atoms with Gasteiger partial charge in [-0.25, -0.2) is 30.7 Å². The van der Waals surface area contributed by atoms with Crippen LogP contribution in [0.5, 0.6) is 0 Å². The highest BCUT2D eigenvalue weighted by atomic mass is 32.2. The Morgan fingerprint density at radius 2 is 1.06 bits per heavy atom. The van der Waals surface area contributed by atoms with Crippen LogP contribution in [-0.4, -0.2) is 49.6 Å². The van der Waals surface area contributed by atoms with E-state index in [-0.39, 0.29) is 0 Å². The van der Waals surface area contributed by atoms with Crippen LogP contribution in [0.25, 0.3) is 0 Å². The highest BCUT2D eigenvalue weighted by Gasteiger charge is 2.47. The fraction of sp³-hybridized carbons (Fsp3) is 1.00. The van der Waals surface area contributed by atoms with Crippen molar-refractivity contribution in [3.05, 3.63) is 0 Å². The van der Waals surface area contributed by atoms with E-state index < -0.39 is 46.7 Å². The third kappa shape index (κ3) is 4.30. The normalized spacial score (nSPS) is 21.9. The first-order valence-electron chi connectivity index (χ1n) is 3.95. The minimum atomic E-state index is -5.68. The van der Waals surface area contributed by atoms with Crippen LogP contribution in [0.3, 0.4) is 0 Å². The predicted octanol–water partition coefficient (Wildman–Crippen LogP) is 1.79. The predicted molar refractivity (Wildman–Crippen MR) is 42.0 cm³/mol. The van der Waals surface area contributed by atoms with Crippen LogP contribution in [0.15, 0.2) is 0 Å². The average molecular weight is 292 g/mol. The lowest BCUT2D eigenvalue weighted by Crippen LogP contribution is -2.44. The maximum absolute atomic E-state index is 12.6. The first-order chi connectivity index (χ1) is 7.50. The lowest BCUT2D eigenvalue weighted by molar-refractivity contribution is -0.0454. The van der Waals surface area contributed by atoms with Crippen LogP contribution in [0.4, 0.5) is 30.7 Å². The maximum Gasteiger partial charge on any atom is 0.300 e. The zero-order valence-electron chi connectivity index (χ0n) is 7.78. The van der Waals surface area contributed by atoms with Crippen LogP contribution in [-0.2, 0) is 10.1 Å². The Morgan fingerprint density at radius 3 is 1.35 bits per heavy atom. The highest BCUT2D eigenvalue weighted by molar-refractivity contribution is 7.86. The standard InChI is InChI=1S/C6H7F7O3S/c7-1(3(9)5(11)12)2(8)4(10)6(13)17(14,15)16/h1-6H,(H,14,15,16). The van der Waals surface area contributed by atoms with Crippen molar-refractivity contribution in [2.24, 2.45) is 0 Å². The SMILES string of the molecule is O=S(=O)(O)C(F)C(F)C(F)C(F)C(F)C(F)F. The van der Waals surface area contributed by atoms with E-state index >= 15 is 0 Å². The van der Waals surface area contributed by atoms with Crippen LogP contribution in [0, 0.1) is 0 Å². The summed E-state index contributed by atoms with van der Waals surface area (Å²) >= 11 is 0. The fourth-order valence-electron chi connectivity index (χ4n) is 0.799. The highest BCUT2D eigenvalue weighted by Crippen LogP contribution is 2.25. The fourth-order valence-corrected chi connectivity index (χ4v) is 1.28. The summed E-state index contributed by atoms with van der Waals surface area (Å²) in [5.41, 5.74) is -3.89. The van der Waals surface area contributed by atoms with Gasteiger partial charge < -0.3 is 0 Å². The quantitative estimate of drug-likeness (QED) is 0.600. The second-order valence-corrected chi connectivity index (χ2v) is 4.46. The summed E-state index contributed by atoms with van der Waals surface area (Å²) in [5, 5.41) is 0. The van der Waals surface area contributed by atoms with E-state index in [0.717, 1.165) is 0 Å². The summed E-state index contributed by atoms with van der Waals surface area (Å²) in [6, 6.07) is 0. The minimum absolute atomic E-state index is 3.74. The van der Waals surface area contributed by atoms with Crippen molar-refractivity contribution in [2.75, 3.05) is 0 Å². The third-order valence-corrected chi connectivity index (χ3v) is 2.52. The second kappa shape index (κ2) is 5.85. The Bertz CT molecular complexity index is 335. The summed E-state index contributed by atoms with van der Waals surface area (Å²) < 4.78 is 114. The van der Waals surface area contributed by atoms with Crippen molar-refractivity contribution in [1.29, 1.82) is 0 Å². The van der Waals surface area contributed by atoms with E-state index in [2.05, 4.69) is 0 Å². The molecule has 0 heterocycles. The average Bonchev–Trinajstić information content (AvgIpc) is 2.22. The Balaban J connectivity index is 4.76. The summed E-state index contributed by atoms with van der Waals surface area (Å²) in [6.45, 7) is 0. The van der Waals surface area contributed by atoms with Gasteiger partial charge in [-0.05, 0) is 0 Å². The third-order valence-electron chi connectivity index (χ3n) is 1.69. The summed E-state index contributed by atoms with van der Waals surface area (Å²) in [4.78, 5) is 0. The second-order valence-electron chi connectivity index (χ2n) is 2.98. The topological polar surface area (TPSA) is 54.4 Å². The molecule has 5 unspecified atom stereocenters. The Labute approximate surface area is 91.4 Å². The molecule has 0 aromatic rings. The number of alkyl halides is 7. The molecule has 0 saturated heterocycles. The molecule has 0 rings (SSSR count). The number of hydrogen-bond donors (Lipinski definition) is 1. The minimum Gasteiger partial charge on any atom is -0.283 e. The lowest BCUT2D eigenvalue weighted by Gasteiger charge is -2.20. The molecule has 0 aliphatic carbocycles. The molecule has 0 fully saturated rings. The molecule has 0 aromatic carbocycles. The number of hydrogen-bond acceptors (Lipinski definition) is 2. The molecule has 11 heteroatoms. The van der Waals surface area contributed by atoms with E-state index in [0.29, 0.717) is 0 Å². The molecule has 5 atom stereocenters. The van der Waals surface area contributed by atoms with Crippen LogP contribution >= 0.6 is 0 Å². The molecule has 0 saturated carbocycles. The largest absolute Gasteiger partial charge is 0.300 e. The van der Waals surface area contributed by atoms with Gasteiger partial charge in [0.25, 0.3) is 11.9 Å². The van der Waals surface area contributed by atoms with E-state index in [1.54, 1.807) is 0 Å². The molecule has 0 aromatic heterocycles. The zero-order chi connectivity index (χ0) is 14.0. The van der Waals surface area contributed by atoms with Crippen molar-refractivity contribution >= 4 is 10.1 Å². The smallest absolute Gasteiger partial charge is 0.283 e. The molecule has 0 radical (unpaired) electrons. The Hall–Kier alpha value is -0.580. The first kappa shape index (κ1) is 16.4. The van der Waals surface area contributed by atoms with Gasteiger partial charge in [-0.1, -0.05) is 0 Å². The number of rotatable bonds is 6. The maximum atomic E-state index is 12.6. The van der Waals surface area contributed by atoms with Gasteiger partial charge >= 0.3 is 10.1 Å². The van der Waals surface area contributed by atoms with Crippen LogP contribution in [0.2, 0.25) is 0 Å². The Morgan fingerprint density at radius 1 is 0.706 bits per heavy atom. The molecule has 3 nitrogen and oxygen atoms in total. The molecule has 0 aliphatic heterocycles. The lowest BCUT2D eigenvalue weighted by atomic mass is 10.1. The Kier molecular flexibility index (Phi) is 5.65. The summed E-state index contributed by atoms with van der Waals surface area (Å²) in [5.74, 6) is 0. The van der Waals surface area contributed by atoms with E-state index in [4.69, 9.17) is 4.55 Å². The molecule has 0 spiro atoms. The molecule has 0 aliphatic rings. The molecule has 17 heavy (non-hydrogen) atoms. The van der Waals surface area contributed by atoms with E-state index in [1.807, 2.05) is 0 Å². The van der Waals surface area contributed by atoms with Crippen molar-refractivity contribution in [1.82, 2.24) is 0 Å². The van der Waals surface area contributed by atoms with Crippen molar-refractivity contribution in [3.63, 3.8) is 0 Å². The van der Waals surface area contributed by atoms with E-state index in [9.17, 15) is 39.2 Å². The van der Waals surface area contributed by atoms with Gasteiger partial charge in [-0.15, -0.1) is 0 Å². The monoisotopic (exact) mass is 292 g/mol. The van der Waals surface area contributed by atoms with Gasteiger partial charge in [0.15, 0.2) is 24.7 Å². The van der Waals surface area contributed by atoms with Crippen molar-refractivity contribution in [2.45, 2.75) is 36.6 Å². The van der Waals surface area contributed by atoms with Gasteiger partial charge in [0, 0.05) is 0 Å². The molecular formula is C6H7F7O3S. The van der Waals surface area contributed by atoms with Crippen molar-refractivity contribution < 1.29 is 43.7 Å². The zero-order valence-corrected chi connectivity index (χ0v) is 8.60. The van der Waals surface area contributed by atoms with E-state index in [1.165, 1.54) is 0 Å². The van der Waals surface area contributed by atoms with Crippen LogP contribution < -0.4 is 0 Å². The van der Waals surface area contributed by atoms with Gasteiger partial charge in [0.1, 0.15) is 0 Å². The molecule has 0 amide bonds. The molecule has 104 valence electrons. The first-order valence-corrected chi connectivity index (χ1v) is 5.45. The van der Waals surface area contributed by atoms with Crippen molar-refractivity contribution in [3.8, 4) is 0 Å². The molecule has 0 bridgehead atoms. The number of halogens is 7. The summed E-state index contributed by atoms with van der Waals surface area (Å²) in [6.07, 6.45) is -19.1. The van der Waals surface area contributed by atoms with Gasteiger partial charge in [-0.3, -0.25) is 4.55 Å². The molecule has 1 N–H and O–H groups in total.